The molecule has 1 N–H and O–H groups in total. The number of thiophene rings is 1. The first-order valence-corrected chi connectivity index (χ1v) is 7.89. The zero-order valence-electron chi connectivity index (χ0n) is 11.6. The van der Waals surface area contributed by atoms with E-state index in [4.69, 9.17) is 0 Å². The smallest absolute Gasteiger partial charge is 0.0958 e. The number of hydrogen-bond acceptors (Lipinski definition) is 3. The van der Waals surface area contributed by atoms with Crippen molar-refractivity contribution in [1.29, 1.82) is 0 Å². The van der Waals surface area contributed by atoms with Gasteiger partial charge in [0.2, 0.25) is 0 Å². The molecule has 0 aliphatic carbocycles. The summed E-state index contributed by atoms with van der Waals surface area (Å²) in [6.45, 7) is 0.959. The Bertz CT molecular complexity index is 657. The summed E-state index contributed by atoms with van der Waals surface area (Å²) in [5.41, 5.74) is 3.72. The van der Waals surface area contributed by atoms with Crippen LogP contribution in [-0.4, -0.2) is 22.6 Å². The fourth-order valence-electron chi connectivity index (χ4n) is 2.50. The summed E-state index contributed by atoms with van der Waals surface area (Å²) < 4.78 is 2.24. The van der Waals surface area contributed by atoms with Crippen molar-refractivity contribution in [2.24, 2.45) is 0 Å². The van der Waals surface area contributed by atoms with E-state index in [1.54, 1.807) is 11.3 Å². The predicted molar refractivity (Wildman–Crippen MR) is 85.2 cm³/mol. The highest BCUT2D eigenvalue weighted by atomic mass is 32.1. The zero-order valence-corrected chi connectivity index (χ0v) is 12.4. The van der Waals surface area contributed by atoms with Crippen molar-refractivity contribution in [2.75, 3.05) is 7.05 Å². The Morgan fingerprint density at radius 1 is 1.30 bits per heavy atom. The van der Waals surface area contributed by atoms with Crippen LogP contribution in [0.5, 0.6) is 0 Å². The third-order valence-corrected chi connectivity index (χ3v) is 4.45. The van der Waals surface area contributed by atoms with Gasteiger partial charge in [-0.05, 0) is 54.4 Å². The van der Waals surface area contributed by atoms with Gasteiger partial charge in [-0.1, -0.05) is 12.1 Å². The number of imidazole rings is 1. The first-order chi connectivity index (χ1) is 9.86. The molecule has 0 radical (unpaired) electrons. The van der Waals surface area contributed by atoms with Crippen LogP contribution in [0.1, 0.15) is 12.0 Å². The highest BCUT2D eigenvalue weighted by Crippen LogP contribution is 2.14. The van der Waals surface area contributed by atoms with Gasteiger partial charge in [0.15, 0.2) is 0 Å². The molecule has 1 aromatic carbocycles. The largest absolute Gasteiger partial charge is 0.329 e. The molecule has 0 saturated heterocycles. The van der Waals surface area contributed by atoms with Crippen LogP contribution in [0.25, 0.3) is 11.0 Å². The molecule has 0 aliphatic heterocycles. The number of rotatable bonds is 6. The van der Waals surface area contributed by atoms with Gasteiger partial charge in [0.05, 0.1) is 17.4 Å². The topological polar surface area (TPSA) is 29.9 Å². The SMILES string of the molecule is CNC(CCc1ccsc1)Cn1cnc2ccccc21. The maximum absolute atomic E-state index is 4.45. The number of nitrogens with zero attached hydrogens (tertiary/aromatic N) is 2. The van der Waals surface area contributed by atoms with E-state index < -0.39 is 0 Å². The van der Waals surface area contributed by atoms with Gasteiger partial charge in [-0.3, -0.25) is 0 Å². The maximum atomic E-state index is 4.45. The number of benzene rings is 1. The van der Waals surface area contributed by atoms with Crippen LogP contribution >= 0.6 is 11.3 Å². The summed E-state index contributed by atoms with van der Waals surface area (Å²) in [5.74, 6) is 0. The molecule has 0 aliphatic rings. The Morgan fingerprint density at radius 2 is 2.20 bits per heavy atom. The Labute approximate surface area is 123 Å². The second-order valence-electron chi connectivity index (χ2n) is 5.04. The zero-order chi connectivity index (χ0) is 13.8. The van der Waals surface area contributed by atoms with Crippen molar-refractivity contribution in [3.8, 4) is 0 Å². The highest BCUT2D eigenvalue weighted by Gasteiger charge is 2.10. The van der Waals surface area contributed by atoms with E-state index in [1.807, 2.05) is 19.4 Å². The van der Waals surface area contributed by atoms with Crippen molar-refractivity contribution in [1.82, 2.24) is 14.9 Å². The maximum Gasteiger partial charge on any atom is 0.0958 e. The monoisotopic (exact) mass is 285 g/mol. The van der Waals surface area contributed by atoms with Gasteiger partial charge in [0.1, 0.15) is 0 Å². The number of aryl methyl sites for hydroxylation is 1. The van der Waals surface area contributed by atoms with E-state index in [2.05, 4.69) is 49.9 Å². The van der Waals surface area contributed by atoms with Gasteiger partial charge >= 0.3 is 0 Å². The normalized spacial score (nSPS) is 12.8. The predicted octanol–water partition coefficient (Wildman–Crippen LogP) is 3.32. The van der Waals surface area contributed by atoms with Crippen LogP contribution in [-0.2, 0) is 13.0 Å². The molecule has 0 saturated carbocycles. The van der Waals surface area contributed by atoms with Crippen molar-refractivity contribution >= 4 is 22.4 Å². The molecule has 0 fully saturated rings. The van der Waals surface area contributed by atoms with E-state index >= 15 is 0 Å². The Hall–Kier alpha value is -1.65. The van der Waals surface area contributed by atoms with Gasteiger partial charge in [0, 0.05) is 12.6 Å². The molecular weight excluding hydrogens is 266 g/mol. The molecular formula is C16H19N3S. The van der Waals surface area contributed by atoms with E-state index in [9.17, 15) is 0 Å². The molecule has 3 rings (SSSR count). The second-order valence-corrected chi connectivity index (χ2v) is 5.82. The van der Waals surface area contributed by atoms with E-state index in [-0.39, 0.29) is 0 Å². The molecule has 3 aromatic rings. The van der Waals surface area contributed by atoms with Crippen LogP contribution < -0.4 is 5.32 Å². The molecule has 2 aromatic heterocycles. The molecule has 0 spiro atoms. The summed E-state index contributed by atoms with van der Waals surface area (Å²) in [5, 5.41) is 7.80. The molecule has 104 valence electrons. The van der Waals surface area contributed by atoms with E-state index in [1.165, 1.54) is 11.1 Å². The van der Waals surface area contributed by atoms with Crippen molar-refractivity contribution in [2.45, 2.75) is 25.4 Å². The van der Waals surface area contributed by atoms with Crippen LogP contribution in [0.4, 0.5) is 0 Å². The lowest BCUT2D eigenvalue weighted by molar-refractivity contribution is 0.459. The van der Waals surface area contributed by atoms with Crippen molar-refractivity contribution < 1.29 is 0 Å². The third-order valence-electron chi connectivity index (χ3n) is 3.71. The van der Waals surface area contributed by atoms with Crippen molar-refractivity contribution in [3.63, 3.8) is 0 Å². The molecule has 0 bridgehead atoms. The average molecular weight is 285 g/mol. The van der Waals surface area contributed by atoms with Crippen LogP contribution in [0.2, 0.25) is 0 Å². The Balaban J connectivity index is 1.68. The van der Waals surface area contributed by atoms with Gasteiger partial charge in [-0.15, -0.1) is 0 Å². The summed E-state index contributed by atoms with van der Waals surface area (Å²) in [7, 11) is 2.04. The molecule has 3 nitrogen and oxygen atoms in total. The average Bonchev–Trinajstić information content (AvgIpc) is 3.13. The number of hydrogen-bond donors (Lipinski definition) is 1. The van der Waals surface area contributed by atoms with E-state index in [0.29, 0.717) is 6.04 Å². The second kappa shape index (κ2) is 6.20. The lowest BCUT2D eigenvalue weighted by Crippen LogP contribution is -2.30. The molecule has 20 heavy (non-hydrogen) atoms. The first-order valence-electron chi connectivity index (χ1n) is 6.95. The van der Waals surface area contributed by atoms with Gasteiger partial charge < -0.3 is 9.88 Å². The minimum atomic E-state index is 0.465. The quantitative estimate of drug-likeness (QED) is 0.753. The van der Waals surface area contributed by atoms with Crippen LogP contribution in [0.15, 0.2) is 47.4 Å². The summed E-state index contributed by atoms with van der Waals surface area (Å²) in [4.78, 5) is 4.45. The van der Waals surface area contributed by atoms with Crippen LogP contribution in [0, 0.1) is 0 Å². The number of fused-ring (bicyclic) bond motifs is 1. The van der Waals surface area contributed by atoms with E-state index in [0.717, 1.165) is 24.9 Å². The minimum absolute atomic E-state index is 0.465. The molecule has 1 atom stereocenters. The summed E-state index contributed by atoms with van der Waals surface area (Å²) in [6.07, 6.45) is 4.21. The minimum Gasteiger partial charge on any atom is -0.329 e. The third kappa shape index (κ3) is 2.92. The lowest BCUT2D eigenvalue weighted by atomic mass is 10.1. The summed E-state index contributed by atoms with van der Waals surface area (Å²) in [6, 6.07) is 11.0. The standard InChI is InChI=1S/C16H19N3S/c1-17-14(7-6-13-8-9-20-11-13)10-19-12-18-15-4-2-3-5-16(15)19/h2-5,8-9,11-12,14,17H,6-7,10H2,1H3. The van der Waals surface area contributed by atoms with Gasteiger partial charge in [-0.2, -0.15) is 11.3 Å². The Morgan fingerprint density at radius 3 is 3.00 bits per heavy atom. The summed E-state index contributed by atoms with van der Waals surface area (Å²) >= 11 is 1.77. The number of para-hydroxylation sites is 2. The Kier molecular flexibility index (Phi) is 4.14. The van der Waals surface area contributed by atoms with Gasteiger partial charge in [0.25, 0.3) is 0 Å². The molecule has 2 heterocycles. The highest BCUT2D eigenvalue weighted by molar-refractivity contribution is 7.07. The number of nitrogens with one attached hydrogen (secondary N) is 1. The van der Waals surface area contributed by atoms with Crippen LogP contribution in [0.3, 0.4) is 0 Å². The molecule has 4 heteroatoms. The van der Waals surface area contributed by atoms with Gasteiger partial charge in [-0.25, -0.2) is 4.98 Å². The molecule has 0 amide bonds. The molecule has 1 unspecified atom stereocenters. The lowest BCUT2D eigenvalue weighted by Gasteiger charge is -2.17. The fourth-order valence-corrected chi connectivity index (χ4v) is 3.20. The number of aromatic nitrogens is 2. The number of likely N-dealkylation sites (N-methyl/N-ethyl adjacent to an activating group) is 1. The first kappa shape index (κ1) is 13.3. The van der Waals surface area contributed by atoms with Crippen molar-refractivity contribution in [3.05, 3.63) is 53.0 Å². The fraction of sp³-hybridized carbons (Fsp3) is 0.312.